The van der Waals surface area contributed by atoms with Crippen LogP contribution in [0.1, 0.15) is 44.2 Å². The predicted molar refractivity (Wildman–Crippen MR) is 80.1 cm³/mol. The van der Waals surface area contributed by atoms with E-state index in [4.69, 9.17) is 0 Å². The minimum Gasteiger partial charge on any atom is -0.313 e. The van der Waals surface area contributed by atoms with Crippen LogP contribution >= 0.6 is 0 Å². The highest BCUT2D eigenvalue weighted by atomic mass is 19.1. The van der Waals surface area contributed by atoms with Crippen LogP contribution in [0.25, 0.3) is 0 Å². The summed E-state index contributed by atoms with van der Waals surface area (Å²) in [6, 6.07) is 4.45. The maximum Gasteiger partial charge on any atom is 0.126 e. The van der Waals surface area contributed by atoms with Crippen molar-refractivity contribution in [2.75, 3.05) is 19.6 Å². The molecule has 0 bridgehead atoms. The van der Waals surface area contributed by atoms with Crippen molar-refractivity contribution >= 4 is 0 Å². The third kappa shape index (κ3) is 4.01. The molecular formula is C17H24F2N2. The van der Waals surface area contributed by atoms with Crippen molar-refractivity contribution < 1.29 is 8.78 Å². The van der Waals surface area contributed by atoms with Crippen LogP contribution in [0.5, 0.6) is 0 Å². The van der Waals surface area contributed by atoms with Crippen LogP contribution in [0.2, 0.25) is 0 Å². The summed E-state index contributed by atoms with van der Waals surface area (Å²) < 4.78 is 26.9. The Balaban J connectivity index is 1.73. The average molecular weight is 294 g/mol. The molecule has 1 heterocycles. The maximum atomic E-state index is 13.5. The molecule has 2 aliphatic rings. The number of hydrogen-bond donors (Lipinski definition) is 1. The van der Waals surface area contributed by atoms with E-state index in [1.54, 1.807) is 0 Å². The Bertz CT molecular complexity index is 461. The molecule has 0 spiro atoms. The second-order valence-corrected chi connectivity index (χ2v) is 6.57. The summed E-state index contributed by atoms with van der Waals surface area (Å²) in [6.45, 7) is 5.16. The molecule has 1 aromatic rings. The van der Waals surface area contributed by atoms with Crippen LogP contribution in [-0.4, -0.2) is 30.6 Å². The molecule has 2 unspecified atom stereocenters. The van der Waals surface area contributed by atoms with E-state index in [0.29, 0.717) is 6.04 Å². The molecular weight excluding hydrogens is 270 g/mol. The summed E-state index contributed by atoms with van der Waals surface area (Å²) in [4.78, 5) is 2.40. The van der Waals surface area contributed by atoms with Crippen molar-refractivity contribution in [3.8, 4) is 0 Å². The minimum absolute atomic E-state index is 0.0539. The van der Waals surface area contributed by atoms with Gasteiger partial charge in [0.25, 0.3) is 0 Å². The van der Waals surface area contributed by atoms with E-state index in [1.807, 2.05) is 0 Å². The van der Waals surface area contributed by atoms with E-state index in [2.05, 4.69) is 17.1 Å². The van der Waals surface area contributed by atoms with E-state index >= 15 is 0 Å². The highest BCUT2D eigenvalue weighted by Gasteiger charge is 2.29. The standard InChI is InChI=1S/C17H24F2N2/c1-12(14-7-15(18)9-16(19)8-14)21(10-13-4-5-13)11-17-3-2-6-20-17/h7-9,12-13,17,20H,2-6,10-11H2,1H3. The molecule has 2 nitrogen and oxygen atoms in total. The van der Waals surface area contributed by atoms with Crippen LogP contribution in [0.3, 0.4) is 0 Å². The molecule has 0 radical (unpaired) electrons. The van der Waals surface area contributed by atoms with Gasteiger partial charge in [-0.05, 0) is 62.8 Å². The van der Waals surface area contributed by atoms with Gasteiger partial charge in [-0.2, -0.15) is 0 Å². The minimum atomic E-state index is -0.484. The van der Waals surface area contributed by atoms with Gasteiger partial charge >= 0.3 is 0 Å². The Hall–Kier alpha value is -1.00. The first-order chi connectivity index (χ1) is 10.1. The zero-order valence-electron chi connectivity index (χ0n) is 12.6. The Kier molecular flexibility index (Phi) is 4.55. The van der Waals surface area contributed by atoms with Gasteiger partial charge in [0.15, 0.2) is 0 Å². The van der Waals surface area contributed by atoms with E-state index in [1.165, 1.54) is 37.8 Å². The average Bonchev–Trinajstić information content (AvgIpc) is 3.10. The Morgan fingerprint density at radius 2 is 1.86 bits per heavy atom. The molecule has 21 heavy (non-hydrogen) atoms. The highest BCUT2D eigenvalue weighted by molar-refractivity contribution is 5.21. The molecule has 1 saturated carbocycles. The van der Waals surface area contributed by atoms with Crippen LogP contribution in [0, 0.1) is 17.6 Å². The molecule has 1 saturated heterocycles. The van der Waals surface area contributed by atoms with Crippen LogP contribution in [0.4, 0.5) is 8.78 Å². The lowest BCUT2D eigenvalue weighted by molar-refractivity contribution is 0.183. The third-order valence-electron chi connectivity index (χ3n) is 4.72. The lowest BCUT2D eigenvalue weighted by Gasteiger charge is -2.32. The largest absolute Gasteiger partial charge is 0.313 e. The second kappa shape index (κ2) is 6.41. The SMILES string of the molecule is CC(c1cc(F)cc(F)c1)N(CC1CC1)CC1CCCN1. The first-order valence-electron chi connectivity index (χ1n) is 8.05. The van der Waals surface area contributed by atoms with Crippen molar-refractivity contribution in [2.45, 2.75) is 44.7 Å². The van der Waals surface area contributed by atoms with Gasteiger partial charge in [0.05, 0.1) is 0 Å². The quantitative estimate of drug-likeness (QED) is 0.864. The topological polar surface area (TPSA) is 15.3 Å². The van der Waals surface area contributed by atoms with Crippen molar-refractivity contribution in [3.63, 3.8) is 0 Å². The van der Waals surface area contributed by atoms with E-state index in [9.17, 15) is 8.78 Å². The van der Waals surface area contributed by atoms with Gasteiger partial charge in [0.2, 0.25) is 0 Å². The maximum absolute atomic E-state index is 13.5. The van der Waals surface area contributed by atoms with Crippen molar-refractivity contribution in [3.05, 3.63) is 35.4 Å². The van der Waals surface area contributed by atoms with E-state index in [-0.39, 0.29) is 6.04 Å². The van der Waals surface area contributed by atoms with Crippen molar-refractivity contribution in [1.29, 1.82) is 0 Å². The molecule has 0 aromatic heterocycles. The molecule has 2 fully saturated rings. The summed E-state index contributed by atoms with van der Waals surface area (Å²) in [5.74, 6) is -0.198. The third-order valence-corrected chi connectivity index (χ3v) is 4.72. The van der Waals surface area contributed by atoms with Gasteiger partial charge in [-0.1, -0.05) is 0 Å². The fraction of sp³-hybridized carbons (Fsp3) is 0.647. The highest BCUT2D eigenvalue weighted by Crippen LogP contribution is 2.33. The van der Waals surface area contributed by atoms with E-state index in [0.717, 1.165) is 37.2 Å². The predicted octanol–water partition coefficient (Wildman–Crippen LogP) is 3.49. The molecule has 3 rings (SSSR count). The summed E-state index contributed by atoms with van der Waals surface area (Å²) in [7, 11) is 0. The molecule has 1 aromatic carbocycles. The van der Waals surface area contributed by atoms with Crippen LogP contribution in [0.15, 0.2) is 18.2 Å². The van der Waals surface area contributed by atoms with Gasteiger partial charge in [0, 0.05) is 31.2 Å². The lowest BCUT2D eigenvalue weighted by atomic mass is 10.0. The smallest absolute Gasteiger partial charge is 0.126 e. The summed E-state index contributed by atoms with van der Waals surface area (Å²) in [5.41, 5.74) is 0.742. The number of rotatable bonds is 6. The zero-order chi connectivity index (χ0) is 14.8. The van der Waals surface area contributed by atoms with Gasteiger partial charge in [-0.25, -0.2) is 8.78 Å². The first kappa shape index (κ1) is 14.9. The lowest BCUT2D eigenvalue weighted by Crippen LogP contribution is -2.40. The van der Waals surface area contributed by atoms with E-state index < -0.39 is 11.6 Å². The molecule has 1 aliphatic heterocycles. The van der Waals surface area contributed by atoms with Gasteiger partial charge in [-0.15, -0.1) is 0 Å². The molecule has 1 N–H and O–H groups in total. The Morgan fingerprint density at radius 3 is 2.43 bits per heavy atom. The number of nitrogens with one attached hydrogen (secondary N) is 1. The molecule has 2 atom stereocenters. The fourth-order valence-electron chi connectivity index (χ4n) is 3.25. The number of halogens is 2. The zero-order valence-corrected chi connectivity index (χ0v) is 12.6. The number of hydrogen-bond acceptors (Lipinski definition) is 2. The Labute approximate surface area is 125 Å². The van der Waals surface area contributed by atoms with Crippen LogP contribution in [-0.2, 0) is 0 Å². The van der Waals surface area contributed by atoms with Crippen molar-refractivity contribution in [2.24, 2.45) is 5.92 Å². The normalized spacial score (nSPS) is 23.7. The summed E-state index contributed by atoms with van der Waals surface area (Å²) in [5, 5.41) is 3.52. The summed E-state index contributed by atoms with van der Waals surface area (Å²) >= 11 is 0. The first-order valence-corrected chi connectivity index (χ1v) is 8.05. The monoisotopic (exact) mass is 294 g/mol. The number of nitrogens with zero attached hydrogens (tertiary/aromatic N) is 1. The van der Waals surface area contributed by atoms with Gasteiger partial charge in [0.1, 0.15) is 11.6 Å². The summed E-state index contributed by atoms with van der Waals surface area (Å²) in [6.07, 6.45) is 5.01. The fourth-order valence-corrected chi connectivity index (χ4v) is 3.25. The van der Waals surface area contributed by atoms with Crippen molar-refractivity contribution in [1.82, 2.24) is 10.2 Å². The molecule has 4 heteroatoms. The van der Waals surface area contributed by atoms with Gasteiger partial charge < -0.3 is 5.32 Å². The molecule has 116 valence electrons. The molecule has 1 aliphatic carbocycles. The van der Waals surface area contributed by atoms with Crippen LogP contribution < -0.4 is 5.32 Å². The second-order valence-electron chi connectivity index (χ2n) is 6.57. The molecule has 0 amide bonds. The Morgan fingerprint density at radius 1 is 1.14 bits per heavy atom. The number of benzene rings is 1. The van der Waals surface area contributed by atoms with Gasteiger partial charge in [-0.3, -0.25) is 4.90 Å².